The Morgan fingerprint density at radius 3 is 2.53 bits per heavy atom. The van der Waals surface area contributed by atoms with Crippen molar-refractivity contribution in [2.75, 3.05) is 25.0 Å². The van der Waals surface area contributed by atoms with Crippen LogP contribution in [0.15, 0.2) is 47.5 Å². The van der Waals surface area contributed by atoms with E-state index in [0.29, 0.717) is 29.5 Å². The van der Waals surface area contributed by atoms with Crippen molar-refractivity contribution in [3.63, 3.8) is 0 Å². The molecule has 0 fully saturated rings. The Balaban J connectivity index is 1.70. The Morgan fingerprint density at radius 2 is 1.82 bits per heavy atom. The first kappa shape index (κ1) is 25.3. The molecule has 3 rings (SSSR count). The molecule has 0 atom stereocenters. The molecule has 2 aromatic rings. The number of hydrogen-bond acceptors (Lipinski definition) is 5. The number of nitrogens with one attached hydrogen (secondary N) is 4. The summed E-state index contributed by atoms with van der Waals surface area (Å²) >= 11 is 0. The summed E-state index contributed by atoms with van der Waals surface area (Å²) in [5.41, 5.74) is 3.97. The molecule has 0 saturated carbocycles. The third-order valence-corrected chi connectivity index (χ3v) is 5.71. The van der Waals surface area contributed by atoms with Crippen LogP contribution in [-0.2, 0) is 0 Å². The average molecular weight is 464 g/mol. The SMILES string of the molecule is CC(C)CCCNC(=O)c1cccc(Nc2ccc(C(=O)NC3=NCCCN3)cc2C(C)C)c1. The average Bonchev–Trinajstić information content (AvgIpc) is 2.82. The van der Waals surface area contributed by atoms with Crippen molar-refractivity contribution >= 4 is 29.1 Å². The highest BCUT2D eigenvalue weighted by Crippen LogP contribution is 2.29. The van der Waals surface area contributed by atoms with E-state index in [2.05, 4.69) is 54.0 Å². The Morgan fingerprint density at radius 1 is 1.03 bits per heavy atom. The van der Waals surface area contributed by atoms with Gasteiger partial charge in [-0.2, -0.15) is 0 Å². The summed E-state index contributed by atoms with van der Waals surface area (Å²) in [6.45, 7) is 10.8. The van der Waals surface area contributed by atoms with Gasteiger partial charge in [0.2, 0.25) is 0 Å². The molecule has 7 heteroatoms. The fourth-order valence-corrected chi connectivity index (χ4v) is 3.80. The zero-order valence-corrected chi connectivity index (χ0v) is 20.7. The van der Waals surface area contributed by atoms with Gasteiger partial charge >= 0.3 is 0 Å². The van der Waals surface area contributed by atoms with E-state index < -0.39 is 0 Å². The maximum Gasteiger partial charge on any atom is 0.257 e. The van der Waals surface area contributed by atoms with Crippen LogP contribution in [0, 0.1) is 5.92 Å². The van der Waals surface area contributed by atoms with Gasteiger partial charge in [0, 0.05) is 42.1 Å². The summed E-state index contributed by atoms with van der Waals surface area (Å²) < 4.78 is 0. The Bertz CT molecular complexity index is 1030. The monoisotopic (exact) mass is 463 g/mol. The van der Waals surface area contributed by atoms with E-state index in [1.54, 1.807) is 6.07 Å². The molecule has 2 aromatic carbocycles. The highest BCUT2D eigenvalue weighted by Gasteiger charge is 2.15. The van der Waals surface area contributed by atoms with Gasteiger partial charge in [-0.3, -0.25) is 19.9 Å². The number of hydrogen-bond donors (Lipinski definition) is 4. The summed E-state index contributed by atoms with van der Waals surface area (Å²) in [4.78, 5) is 29.6. The van der Waals surface area contributed by atoms with Crippen molar-refractivity contribution in [3.8, 4) is 0 Å². The second-order valence-electron chi connectivity index (χ2n) is 9.42. The van der Waals surface area contributed by atoms with Crippen LogP contribution in [0.25, 0.3) is 0 Å². The van der Waals surface area contributed by atoms with Crippen molar-refractivity contribution < 1.29 is 9.59 Å². The third kappa shape index (κ3) is 7.33. The lowest BCUT2D eigenvalue weighted by Gasteiger charge is -2.18. The van der Waals surface area contributed by atoms with Crippen molar-refractivity contribution in [2.45, 2.75) is 52.9 Å². The zero-order chi connectivity index (χ0) is 24.5. The zero-order valence-electron chi connectivity index (χ0n) is 20.7. The molecule has 182 valence electrons. The smallest absolute Gasteiger partial charge is 0.257 e. The number of carbonyl (C=O) groups excluding carboxylic acids is 2. The molecule has 0 aliphatic carbocycles. The summed E-state index contributed by atoms with van der Waals surface area (Å²) in [6.07, 6.45) is 3.04. The first-order chi connectivity index (χ1) is 16.3. The number of benzene rings is 2. The fraction of sp³-hybridized carbons (Fsp3) is 0.444. The fourth-order valence-electron chi connectivity index (χ4n) is 3.80. The lowest BCUT2D eigenvalue weighted by molar-refractivity contribution is 0.0950. The summed E-state index contributed by atoms with van der Waals surface area (Å²) in [7, 11) is 0. The van der Waals surface area contributed by atoms with Crippen LogP contribution in [0.2, 0.25) is 0 Å². The molecule has 1 aliphatic heterocycles. The normalized spacial score (nSPS) is 13.3. The summed E-state index contributed by atoms with van der Waals surface area (Å²) in [5.74, 6) is 1.12. The van der Waals surface area contributed by atoms with Gasteiger partial charge < -0.3 is 16.0 Å². The number of nitrogens with zero attached hydrogens (tertiary/aromatic N) is 1. The molecule has 1 aliphatic rings. The molecular formula is C27H37N5O2. The molecule has 4 N–H and O–H groups in total. The van der Waals surface area contributed by atoms with Crippen LogP contribution in [0.1, 0.15) is 79.2 Å². The van der Waals surface area contributed by atoms with Gasteiger partial charge in [-0.1, -0.05) is 33.8 Å². The predicted octanol–water partition coefficient (Wildman–Crippen LogP) is 4.80. The van der Waals surface area contributed by atoms with Crippen molar-refractivity contribution in [1.29, 1.82) is 0 Å². The minimum Gasteiger partial charge on any atom is -0.356 e. The largest absolute Gasteiger partial charge is 0.356 e. The molecule has 7 nitrogen and oxygen atoms in total. The number of aliphatic imine (C=N–C) groups is 1. The highest BCUT2D eigenvalue weighted by molar-refractivity contribution is 6.06. The predicted molar refractivity (Wildman–Crippen MR) is 139 cm³/mol. The van der Waals surface area contributed by atoms with Gasteiger partial charge in [-0.15, -0.1) is 0 Å². The van der Waals surface area contributed by atoms with E-state index in [9.17, 15) is 9.59 Å². The molecule has 34 heavy (non-hydrogen) atoms. The quantitative estimate of drug-likeness (QED) is 0.402. The van der Waals surface area contributed by atoms with E-state index >= 15 is 0 Å². The van der Waals surface area contributed by atoms with Crippen LogP contribution in [0.5, 0.6) is 0 Å². The van der Waals surface area contributed by atoms with Crippen LogP contribution in [-0.4, -0.2) is 37.4 Å². The first-order valence-corrected chi connectivity index (χ1v) is 12.2. The molecule has 2 amide bonds. The second kappa shape index (κ2) is 12.2. The molecule has 0 bridgehead atoms. The van der Waals surface area contributed by atoms with Crippen LogP contribution in [0.3, 0.4) is 0 Å². The van der Waals surface area contributed by atoms with Gasteiger partial charge in [0.25, 0.3) is 11.8 Å². The van der Waals surface area contributed by atoms with Crippen LogP contribution >= 0.6 is 0 Å². The summed E-state index contributed by atoms with van der Waals surface area (Å²) in [5, 5.41) is 12.4. The van der Waals surface area contributed by atoms with Gasteiger partial charge in [-0.25, -0.2) is 0 Å². The number of amides is 2. The van der Waals surface area contributed by atoms with E-state index in [1.165, 1.54) is 0 Å². The number of carbonyl (C=O) groups is 2. The van der Waals surface area contributed by atoms with E-state index in [0.717, 1.165) is 49.3 Å². The van der Waals surface area contributed by atoms with Gasteiger partial charge in [0.1, 0.15) is 0 Å². The molecule has 0 aromatic heterocycles. The molecular weight excluding hydrogens is 426 g/mol. The van der Waals surface area contributed by atoms with E-state index in [4.69, 9.17) is 0 Å². The van der Waals surface area contributed by atoms with E-state index in [-0.39, 0.29) is 17.7 Å². The van der Waals surface area contributed by atoms with Crippen LogP contribution < -0.4 is 21.3 Å². The van der Waals surface area contributed by atoms with Gasteiger partial charge in [-0.05, 0) is 73.1 Å². The molecule has 0 spiro atoms. The Labute approximate surface area is 202 Å². The van der Waals surface area contributed by atoms with Crippen molar-refractivity contribution in [3.05, 3.63) is 59.2 Å². The number of guanidine groups is 1. The van der Waals surface area contributed by atoms with Gasteiger partial charge in [0.15, 0.2) is 5.96 Å². The van der Waals surface area contributed by atoms with Crippen molar-refractivity contribution in [1.82, 2.24) is 16.0 Å². The standard InChI is InChI=1S/C27H37N5O2/c1-18(2)8-6-13-28-25(33)20-9-5-10-22(16-20)31-24-12-11-21(17-23(24)19(3)4)26(34)32-27-29-14-7-15-30-27/h5,9-12,16-19,31H,6-8,13-15H2,1-4H3,(H,28,33)(H2,29,30,32,34). The topological polar surface area (TPSA) is 94.6 Å². The molecule has 0 unspecified atom stereocenters. The Hall–Kier alpha value is -3.35. The lowest BCUT2D eigenvalue weighted by Crippen LogP contribution is -2.43. The van der Waals surface area contributed by atoms with E-state index in [1.807, 2.05) is 36.4 Å². The minimum absolute atomic E-state index is 0.0669. The maximum absolute atomic E-state index is 12.7. The number of anilines is 2. The Kier molecular flexibility index (Phi) is 9.08. The second-order valence-corrected chi connectivity index (χ2v) is 9.42. The highest BCUT2D eigenvalue weighted by atomic mass is 16.2. The first-order valence-electron chi connectivity index (χ1n) is 12.2. The third-order valence-electron chi connectivity index (χ3n) is 5.71. The lowest BCUT2D eigenvalue weighted by atomic mass is 9.98. The van der Waals surface area contributed by atoms with Crippen molar-refractivity contribution in [2.24, 2.45) is 10.9 Å². The molecule has 1 heterocycles. The minimum atomic E-state index is -0.183. The summed E-state index contributed by atoms with van der Waals surface area (Å²) in [6, 6.07) is 13.1. The van der Waals surface area contributed by atoms with Crippen LogP contribution in [0.4, 0.5) is 11.4 Å². The maximum atomic E-state index is 12.7. The van der Waals surface area contributed by atoms with Gasteiger partial charge in [0.05, 0.1) is 0 Å². The molecule has 0 saturated heterocycles. The molecule has 0 radical (unpaired) electrons. The number of rotatable bonds is 9.